The van der Waals surface area contributed by atoms with Crippen molar-refractivity contribution in [1.29, 1.82) is 10.5 Å². The van der Waals surface area contributed by atoms with E-state index in [9.17, 15) is 15.3 Å². The Bertz CT molecular complexity index is 1320. The Hall–Kier alpha value is -4.62. The minimum Gasteiger partial charge on any atom is -0.497 e. The highest BCUT2D eigenvalue weighted by Crippen LogP contribution is 2.59. The van der Waals surface area contributed by atoms with Gasteiger partial charge in [0.1, 0.15) is 17.8 Å². The number of para-hydroxylation sites is 1. The van der Waals surface area contributed by atoms with Crippen LogP contribution in [0.3, 0.4) is 0 Å². The van der Waals surface area contributed by atoms with Crippen molar-refractivity contribution < 1.29 is 9.53 Å². The Kier molecular flexibility index (Phi) is 5.24. The van der Waals surface area contributed by atoms with Gasteiger partial charge in [-0.25, -0.2) is 0 Å². The third-order valence-corrected chi connectivity index (χ3v) is 6.56. The van der Waals surface area contributed by atoms with Crippen molar-refractivity contribution in [2.24, 2.45) is 10.5 Å². The second-order valence-corrected chi connectivity index (χ2v) is 8.30. The number of nitrogens with one attached hydrogen (secondary N) is 1. The molecule has 2 aliphatic heterocycles. The smallest absolute Gasteiger partial charge is 0.249 e. The molecule has 0 spiro atoms. The number of fused-ring (bicyclic) bond motifs is 3. The van der Waals surface area contributed by atoms with E-state index in [0.29, 0.717) is 17.0 Å². The lowest BCUT2D eigenvalue weighted by Gasteiger charge is -2.33. The summed E-state index contributed by atoms with van der Waals surface area (Å²) >= 11 is 0. The predicted octanol–water partition coefficient (Wildman–Crippen LogP) is 4.22. The Labute approximate surface area is 197 Å². The van der Waals surface area contributed by atoms with Gasteiger partial charge in [-0.3, -0.25) is 9.80 Å². The summed E-state index contributed by atoms with van der Waals surface area (Å²) in [5.41, 5.74) is 1.40. The third-order valence-electron chi connectivity index (χ3n) is 6.56. The maximum absolute atomic E-state index is 13.7. The lowest BCUT2D eigenvalue weighted by Crippen LogP contribution is -2.41. The molecule has 2 aliphatic rings. The largest absolute Gasteiger partial charge is 0.497 e. The first-order valence-corrected chi connectivity index (χ1v) is 10.9. The number of hydrogen-bond donors (Lipinski definition) is 1. The quantitative estimate of drug-likeness (QED) is 0.645. The van der Waals surface area contributed by atoms with Gasteiger partial charge in [-0.1, -0.05) is 54.6 Å². The first-order valence-electron chi connectivity index (χ1n) is 10.9. The van der Waals surface area contributed by atoms with E-state index in [1.54, 1.807) is 42.6 Å². The van der Waals surface area contributed by atoms with Gasteiger partial charge in [0.2, 0.25) is 5.91 Å². The zero-order chi connectivity index (χ0) is 23.7. The number of nitrogens with zero attached hydrogens (tertiary/aromatic N) is 4. The van der Waals surface area contributed by atoms with Crippen LogP contribution in [0.2, 0.25) is 0 Å². The van der Waals surface area contributed by atoms with E-state index < -0.39 is 23.4 Å². The van der Waals surface area contributed by atoms with Crippen LogP contribution in [-0.2, 0) is 4.79 Å². The molecule has 1 N–H and O–H groups in total. The van der Waals surface area contributed by atoms with E-state index in [-0.39, 0.29) is 5.91 Å². The predicted molar refractivity (Wildman–Crippen MR) is 127 cm³/mol. The van der Waals surface area contributed by atoms with Gasteiger partial charge in [-0.15, -0.1) is 0 Å². The van der Waals surface area contributed by atoms with E-state index in [4.69, 9.17) is 4.74 Å². The molecule has 0 aromatic heterocycles. The van der Waals surface area contributed by atoms with Gasteiger partial charge in [-0.2, -0.15) is 15.6 Å². The summed E-state index contributed by atoms with van der Waals surface area (Å²) in [5.74, 6) is -0.445. The number of carbonyl (C=O) groups is 1. The highest BCUT2D eigenvalue weighted by Gasteiger charge is 2.65. The summed E-state index contributed by atoms with van der Waals surface area (Å²) in [6, 6.07) is 26.8. The summed E-state index contributed by atoms with van der Waals surface area (Å²) in [6.07, 6.45) is 1.69. The molecule has 0 radical (unpaired) electrons. The molecule has 1 saturated heterocycles. The van der Waals surface area contributed by atoms with Crippen molar-refractivity contribution in [2.75, 3.05) is 12.4 Å². The van der Waals surface area contributed by atoms with Crippen LogP contribution < -0.4 is 10.1 Å². The molecule has 3 aromatic carbocycles. The number of carbonyl (C=O) groups excluding carboxylic acids is 1. The second-order valence-electron chi connectivity index (χ2n) is 8.30. The second kappa shape index (κ2) is 8.38. The van der Waals surface area contributed by atoms with Gasteiger partial charge >= 0.3 is 0 Å². The van der Waals surface area contributed by atoms with E-state index in [1.807, 2.05) is 54.6 Å². The van der Waals surface area contributed by atoms with Crippen LogP contribution >= 0.6 is 0 Å². The molecular formula is C27H21N5O2. The monoisotopic (exact) mass is 447 g/mol. The fraction of sp³-hybridized carbons (Fsp3) is 0.185. The van der Waals surface area contributed by atoms with Gasteiger partial charge in [0.05, 0.1) is 25.5 Å². The number of amides is 1. The molecule has 7 nitrogen and oxygen atoms in total. The highest BCUT2D eigenvalue weighted by molar-refractivity contribution is 5.97. The molecule has 5 rings (SSSR count). The number of ether oxygens (including phenoxy) is 1. The van der Waals surface area contributed by atoms with E-state index in [1.165, 1.54) is 0 Å². The number of hydrazone groups is 1. The number of anilines is 1. The van der Waals surface area contributed by atoms with Gasteiger partial charge in [0, 0.05) is 11.6 Å². The molecule has 3 aromatic rings. The van der Waals surface area contributed by atoms with Crippen LogP contribution in [0.25, 0.3) is 0 Å². The summed E-state index contributed by atoms with van der Waals surface area (Å²) in [7, 11) is 1.57. The molecule has 2 heterocycles. The van der Waals surface area contributed by atoms with Crippen molar-refractivity contribution in [3.63, 3.8) is 0 Å². The zero-order valence-corrected chi connectivity index (χ0v) is 18.4. The Balaban J connectivity index is 1.69. The van der Waals surface area contributed by atoms with Crippen molar-refractivity contribution >= 4 is 17.8 Å². The number of nitriles is 2. The van der Waals surface area contributed by atoms with Crippen LogP contribution in [0, 0.1) is 28.1 Å². The first-order chi connectivity index (χ1) is 16.6. The molecule has 1 fully saturated rings. The molecule has 34 heavy (non-hydrogen) atoms. The molecule has 7 heteroatoms. The number of hydrogen-bond acceptors (Lipinski definition) is 6. The fourth-order valence-electron chi connectivity index (χ4n) is 5.03. The first kappa shape index (κ1) is 21.2. The average Bonchev–Trinajstić information content (AvgIpc) is 3.20. The highest BCUT2D eigenvalue weighted by atomic mass is 16.5. The average molecular weight is 447 g/mol. The lowest BCUT2D eigenvalue weighted by molar-refractivity contribution is -0.121. The minimum atomic E-state index is -1.55. The molecule has 3 atom stereocenters. The molecule has 0 saturated carbocycles. The van der Waals surface area contributed by atoms with Gasteiger partial charge in [0.25, 0.3) is 0 Å². The topological polar surface area (TPSA) is 102 Å². The van der Waals surface area contributed by atoms with Crippen molar-refractivity contribution in [1.82, 2.24) is 5.01 Å². The fourth-order valence-corrected chi connectivity index (χ4v) is 5.03. The van der Waals surface area contributed by atoms with Crippen LogP contribution in [0.1, 0.15) is 28.7 Å². The zero-order valence-electron chi connectivity index (χ0n) is 18.4. The summed E-state index contributed by atoms with van der Waals surface area (Å²) in [4.78, 5) is 13.7. The summed E-state index contributed by atoms with van der Waals surface area (Å²) < 4.78 is 5.29. The van der Waals surface area contributed by atoms with E-state index >= 15 is 0 Å². The molecule has 1 amide bonds. The normalized spacial score (nSPS) is 21.5. The van der Waals surface area contributed by atoms with Crippen LogP contribution in [0.15, 0.2) is 84.0 Å². The summed E-state index contributed by atoms with van der Waals surface area (Å²) in [6.45, 7) is 0. The maximum Gasteiger partial charge on any atom is 0.249 e. The maximum atomic E-state index is 13.7. The molecule has 0 aliphatic carbocycles. The molecule has 1 unspecified atom stereocenters. The van der Waals surface area contributed by atoms with Crippen LogP contribution in [-0.4, -0.2) is 30.3 Å². The van der Waals surface area contributed by atoms with Gasteiger partial charge in [-0.05, 0) is 41.0 Å². The Morgan fingerprint density at radius 2 is 1.68 bits per heavy atom. The SMILES string of the molecule is COc1ccc([C@@H]2[C@@H](C(=O)Nc3ccccc3)N3N=Cc4ccccc4C3C2(C#N)C#N)cc1. The number of methoxy groups -OCH3 is 1. The standard InChI is InChI=1S/C27H21N5O2/c1-34-21-13-11-18(12-14-21)23-24(26(33)31-20-8-3-2-4-9-20)32-25(27(23,16-28)17-29)22-10-6-5-7-19(22)15-30-32/h2-15,23-25H,1H3,(H,31,33)/t23-,24+,25?/m1/s1. The minimum absolute atomic E-state index is 0.332. The summed E-state index contributed by atoms with van der Waals surface area (Å²) in [5, 5.41) is 30.2. The van der Waals surface area contributed by atoms with Crippen molar-refractivity contribution in [3.8, 4) is 17.9 Å². The van der Waals surface area contributed by atoms with Crippen molar-refractivity contribution in [3.05, 3.63) is 95.6 Å². The van der Waals surface area contributed by atoms with Gasteiger partial charge < -0.3 is 10.1 Å². The Morgan fingerprint density at radius 3 is 2.35 bits per heavy atom. The molecule has 166 valence electrons. The number of rotatable bonds is 4. The van der Waals surface area contributed by atoms with Crippen LogP contribution in [0.5, 0.6) is 5.75 Å². The Morgan fingerprint density at radius 1 is 1.00 bits per heavy atom. The third kappa shape index (κ3) is 3.18. The molecule has 0 bridgehead atoms. The number of benzene rings is 3. The molecular weight excluding hydrogens is 426 g/mol. The lowest BCUT2D eigenvalue weighted by atomic mass is 9.68. The van der Waals surface area contributed by atoms with Crippen LogP contribution in [0.4, 0.5) is 5.69 Å². The van der Waals surface area contributed by atoms with Gasteiger partial charge in [0.15, 0.2) is 5.41 Å². The van der Waals surface area contributed by atoms with Crippen molar-refractivity contribution in [2.45, 2.75) is 18.0 Å². The van der Waals surface area contributed by atoms with E-state index in [2.05, 4.69) is 22.6 Å². The van der Waals surface area contributed by atoms with E-state index in [0.717, 1.165) is 11.1 Å².